The Kier molecular flexibility index (Phi) is 3.68. The fourth-order valence-electron chi connectivity index (χ4n) is 3.42. The van der Waals surface area contributed by atoms with Crippen molar-refractivity contribution in [1.29, 1.82) is 0 Å². The maximum Gasteiger partial charge on any atom is 0.223 e. The summed E-state index contributed by atoms with van der Waals surface area (Å²) < 4.78 is 5.54. The molecule has 2 aliphatic carbocycles. The van der Waals surface area contributed by atoms with Crippen LogP contribution in [-0.4, -0.2) is 19.6 Å². The van der Waals surface area contributed by atoms with Crippen LogP contribution in [0.4, 0.5) is 0 Å². The van der Waals surface area contributed by atoms with E-state index in [1.807, 2.05) is 12.1 Å². The molecule has 108 valence electrons. The fourth-order valence-corrected chi connectivity index (χ4v) is 3.42. The maximum absolute atomic E-state index is 11.9. The average Bonchev–Trinajstić information content (AvgIpc) is 3.24. The standard InChI is InChI=1S/C17H23NO2/c1-20-15-7-3-2-6-14(15)17(10-4-5-11-17)12-18-16(19)13-8-9-13/h2-3,6-7,13H,4-5,8-12H2,1H3,(H,18,19). The summed E-state index contributed by atoms with van der Waals surface area (Å²) in [4.78, 5) is 11.9. The van der Waals surface area contributed by atoms with Crippen molar-refractivity contribution in [2.75, 3.05) is 13.7 Å². The number of benzene rings is 1. The van der Waals surface area contributed by atoms with Crippen molar-refractivity contribution in [2.45, 2.75) is 43.9 Å². The van der Waals surface area contributed by atoms with E-state index in [1.54, 1.807) is 7.11 Å². The third-order valence-electron chi connectivity index (χ3n) is 4.79. The topological polar surface area (TPSA) is 38.3 Å². The molecule has 3 heteroatoms. The van der Waals surface area contributed by atoms with Crippen molar-refractivity contribution < 1.29 is 9.53 Å². The van der Waals surface area contributed by atoms with Crippen molar-refractivity contribution >= 4 is 5.91 Å². The van der Waals surface area contributed by atoms with Crippen molar-refractivity contribution in [3.63, 3.8) is 0 Å². The van der Waals surface area contributed by atoms with Crippen LogP contribution in [-0.2, 0) is 10.2 Å². The molecule has 3 nitrogen and oxygen atoms in total. The highest BCUT2D eigenvalue weighted by Gasteiger charge is 2.39. The summed E-state index contributed by atoms with van der Waals surface area (Å²) in [7, 11) is 1.73. The van der Waals surface area contributed by atoms with Crippen LogP contribution in [0.5, 0.6) is 5.75 Å². The Balaban J connectivity index is 1.81. The minimum absolute atomic E-state index is 0.0666. The molecule has 0 aromatic heterocycles. The molecule has 1 N–H and O–H groups in total. The Bertz CT molecular complexity index is 488. The summed E-state index contributed by atoms with van der Waals surface area (Å²) in [5, 5.41) is 3.18. The number of carbonyl (C=O) groups excluding carboxylic acids is 1. The van der Waals surface area contributed by atoms with Gasteiger partial charge in [-0.15, -0.1) is 0 Å². The minimum Gasteiger partial charge on any atom is -0.496 e. The Morgan fingerprint density at radius 2 is 2.00 bits per heavy atom. The van der Waals surface area contributed by atoms with Crippen LogP contribution in [0.1, 0.15) is 44.1 Å². The Morgan fingerprint density at radius 3 is 2.65 bits per heavy atom. The molecule has 0 spiro atoms. The molecule has 0 radical (unpaired) electrons. The zero-order chi connectivity index (χ0) is 14.0. The quantitative estimate of drug-likeness (QED) is 0.895. The number of carbonyl (C=O) groups is 1. The molecule has 0 aliphatic heterocycles. The molecule has 1 aromatic carbocycles. The summed E-state index contributed by atoms with van der Waals surface area (Å²) in [5.41, 5.74) is 1.33. The number of nitrogens with one attached hydrogen (secondary N) is 1. The van der Waals surface area contributed by atoms with Gasteiger partial charge in [-0.1, -0.05) is 31.0 Å². The van der Waals surface area contributed by atoms with Gasteiger partial charge >= 0.3 is 0 Å². The van der Waals surface area contributed by atoms with E-state index in [0.717, 1.165) is 38.0 Å². The molecule has 0 heterocycles. The second-order valence-corrected chi connectivity index (χ2v) is 6.18. The molecule has 2 fully saturated rings. The van der Waals surface area contributed by atoms with Crippen LogP contribution in [0.25, 0.3) is 0 Å². The van der Waals surface area contributed by atoms with Gasteiger partial charge in [-0.2, -0.15) is 0 Å². The van der Waals surface area contributed by atoms with Crippen molar-refractivity contribution in [3.05, 3.63) is 29.8 Å². The lowest BCUT2D eigenvalue weighted by Gasteiger charge is -2.31. The summed E-state index contributed by atoms with van der Waals surface area (Å²) in [6, 6.07) is 8.26. The fraction of sp³-hybridized carbons (Fsp3) is 0.588. The number of hydrogen-bond acceptors (Lipinski definition) is 2. The predicted octanol–water partition coefficient (Wildman–Crippen LogP) is 3.03. The highest BCUT2D eigenvalue weighted by Crippen LogP contribution is 2.44. The third kappa shape index (κ3) is 2.54. The summed E-state index contributed by atoms with van der Waals surface area (Å²) >= 11 is 0. The van der Waals surface area contributed by atoms with Gasteiger partial charge in [-0.25, -0.2) is 0 Å². The van der Waals surface area contributed by atoms with Gasteiger partial charge in [-0.05, 0) is 31.7 Å². The monoisotopic (exact) mass is 273 g/mol. The summed E-state index contributed by atoms with van der Waals surface area (Å²) in [5.74, 6) is 1.48. The lowest BCUT2D eigenvalue weighted by atomic mass is 9.78. The van der Waals surface area contributed by atoms with E-state index in [9.17, 15) is 4.79 Å². The molecule has 0 bridgehead atoms. The van der Waals surface area contributed by atoms with Gasteiger partial charge in [0.2, 0.25) is 5.91 Å². The minimum atomic E-state index is 0.0666. The summed E-state index contributed by atoms with van der Waals surface area (Å²) in [6.45, 7) is 0.753. The number of methoxy groups -OCH3 is 1. The van der Waals surface area contributed by atoms with E-state index < -0.39 is 0 Å². The van der Waals surface area contributed by atoms with E-state index >= 15 is 0 Å². The van der Waals surface area contributed by atoms with Crippen LogP contribution >= 0.6 is 0 Å². The van der Waals surface area contributed by atoms with E-state index in [1.165, 1.54) is 18.4 Å². The van der Waals surface area contributed by atoms with E-state index in [0.29, 0.717) is 0 Å². The smallest absolute Gasteiger partial charge is 0.223 e. The first-order valence-electron chi connectivity index (χ1n) is 7.66. The van der Waals surface area contributed by atoms with Gasteiger partial charge in [0.25, 0.3) is 0 Å². The molecule has 20 heavy (non-hydrogen) atoms. The van der Waals surface area contributed by atoms with Gasteiger partial charge in [0, 0.05) is 23.4 Å². The molecule has 0 atom stereocenters. The van der Waals surface area contributed by atoms with Crippen molar-refractivity contribution in [3.8, 4) is 5.75 Å². The van der Waals surface area contributed by atoms with E-state index in [2.05, 4.69) is 17.4 Å². The van der Waals surface area contributed by atoms with Gasteiger partial charge in [0.1, 0.15) is 5.75 Å². The highest BCUT2D eigenvalue weighted by atomic mass is 16.5. The van der Waals surface area contributed by atoms with Crippen LogP contribution in [0.3, 0.4) is 0 Å². The Morgan fingerprint density at radius 1 is 1.30 bits per heavy atom. The van der Waals surface area contributed by atoms with E-state index in [-0.39, 0.29) is 17.2 Å². The Labute approximate surface area is 120 Å². The molecule has 2 aliphatic rings. The third-order valence-corrected chi connectivity index (χ3v) is 4.79. The van der Waals surface area contributed by atoms with Crippen LogP contribution < -0.4 is 10.1 Å². The molecule has 3 rings (SSSR count). The predicted molar refractivity (Wildman–Crippen MR) is 78.9 cm³/mol. The van der Waals surface area contributed by atoms with Gasteiger partial charge in [0.15, 0.2) is 0 Å². The second kappa shape index (κ2) is 5.47. The lowest BCUT2D eigenvalue weighted by molar-refractivity contribution is -0.122. The number of para-hydroxylation sites is 1. The first kappa shape index (κ1) is 13.5. The molecule has 1 aromatic rings. The molecule has 0 unspecified atom stereocenters. The highest BCUT2D eigenvalue weighted by molar-refractivity contribution is 5.81. The molecule has 2 saturated carbocycles. The average molecular weight is 273 g/mol. The van der Waals surface area contributed by atoms with Crippen LogP contribution in [0.15, 0.2) is 24.3 Å². The largest absolute Gasteiger partial charge is 0.496 e. The number of hydrogen-bond donors (Lipinski definition) is 1. The lowest BCUT2D eigenvalue weighted by Crippen LogP contribution is -2.39. The normalized spacial score (nSPS) is 20.6. The summed E-state index contributed by atoms with van der Waals surface area (Å²) in [6.07, 6.45) is 6.87. The number of rotatable bonds is 5. The molecule has 1 amide bonds. The Hall–Kier alpha value is -1.51. The molecule has 0 saturated heterocycles. The molecular weight excluding hydrogens is 250 g/mol. The van der Waals surface area contributed by atoms with Crippen LogP contribution in [0, 0.1) is 5.92 Å². The zero-order valence-electron chi connectivity index (χ0n) is 12.2. The van der Waals surface area contributed by atoms with Crippen molar-refractivity contribution in [1.82, 2.24) is 5.32 Å². The zero-order valence-corrected chi connectivity index (χ0v) is 12.2. The first-order chi connectivity index (χ1) is 9.75. The van der Waals surface area contributed by atoms with Gasteiger partial charge in [0.05, 0.1) is 7.11 Å². The second-order valence-electron chi connectivity index (χ2n) is 6.18. The molecular formula is C17H23NO2. The maximum atomic E-state index is 11.9. The first-order valence-corrected chi connectivity index (χ1v) is 7.66. The number of amides is 1. The van der Waals surface area contributed by atoms with Gasteiger partial charge in [-0.3, -0.25) is 4.79 Å². The number of ether oxygens (including phenoxy) is 1. The van der Waals surface area contributed by atoms with E-state index in [4.69, 9.17) is 4.74 Å². The van der Waals surface area contributed by atoms with Crippen LogP contribution in [0.2, 0.25) is 0 Å². The van der Waals surface area contributed by atoms with Crippen molar-refractivity contribution in [2.24, 2.45) is 5.92 Å². The van der Waals surface area contributed by atoms with Gasteiger partial charge < -0.3 is 10.1 Å². The SMILES string of the molecule is COc1ccccc1C1(CNC(=O)C2CC2)CCCC1.